The third-order valence-electron chi connectivity index (χ3n) is 4.80. The topological polar surface area (TPSA) is 66.3 Å². The fraction of sp³-hybridized carbons (Fsp3) is 0.565. The molecular weight excluding hydrogens is 398 g/mol. The third kappa shape index (κ3) is 9.03. The monoisotopic (exact) mass is 435 g/mol. The van der Waals surface area contributed by atoms with Crippen LogP contribution in [0, 0.1) is 6.92 Å². The summed E-state index contributed by atoms with van der Waals surface area (Å²) in [6.07, 6.45) is 7.05. The van der Waals surface area contributed by atoms with Crippen LogP contribution in [0.3, 0.4) is 0 Å². The molecule has 0 aromatic heterocycles. The number of aryl methyl sites for hydroxylation is 1. The largest absolute Gasteiger partial charge is 0.500 e. The molecule has 0 spiro atoms. The van der Waals surface area contributed by atoms with Crippen LogP contribution < -0.4 is 4.74 Å². The van der Waals surface area contributed by atoms with E-state index in [0.29, 0.717) is 12.0 Å². The number of nitrogens with zero attached hydrogens (tertiary/aromatic N) is 1. The molecule has 1 aromatic carbocycles. The predicted octanol–water partition coefficient (Wildman–Crippen LogP) is 5.60. The molecule has 7 heteroatoms. The molecule has 0 aliphatic rings. The zero-order valence-electron chi connectivity index (χ0n) is 19.5. The Morgan fingerprint density at radius 3 is 2.53 bits per heavy atom. The summed E-state index contributed by atoms with van der Waals surface area (Å²) in [5, 5.41) is 4.33. The predicted molar refractivity (Wildman–Crippen MR) is 124 cm³/mol. The van der Waals surface area contributed by atoms with Crippen LogP contribution in [0.15, 0.2) is 35.4 Å². The lowest BCUT2D eigenvalue weighted by Crippen LogP contribution is -2.31. The molecule has 0 aliphatic heterocycles. The van der Waals surface area contributed by atoms with Crippen molar-refractivity contribution in [3.05, 3.63) is 41.3 Å². The first-order valence-electron chi connectivity index (χ1n) is 10.5. The first-order chi connectivity index (χ1) is 14.2. The van der Waals surface area contributed by atoms with E-state index in [-0.39, 0.29) is 5.76 Å². The Morgan fingerprint density at radius 2 is 1.90 bits per heavy atom. The highest BCUT2D eigenvalue weighted by atomic mass is 28.3. The van der Waals surface area contributed by atoms with Crippen molar-refractivity contribution >= 4 is 19.8 Å². The third-order valence-corrected chi connectivity index (χ3v) is 7.42. The lowest BCUT2D eigenvalue weighted by Gasteiger charge is -2.20. The van der Waals surface area contributed by atoms with Crippen molar-refractivity contribution in [2.24, 2.45) is 5.16 Å². The molecule has 0 amide bonds. The van der Waals surface area contributed by atoms with E-state index in [1.54, 1.807) is 0 Å². The highest BCUT2D eigenvalue weighted by Crippen LogP contribution is 2.23. The van der Waals surface area contributed by atoms with E-state index in [2.05, 4.69) is 25.2 Å². The van der Waals surface area contributed by atoms with E-state index in [1.165, 1.54) is 52.2 Å². The fourth-order valence-electron chi connectivity index (χ4n) is 2.83. The summed E-state index contributed by atoms with van der Waals surface area (Å²) >= 11 is 0. The molecule has 0 saturated heterocycles. The molecule has 0 aliphatic carbocycles. The molecule has 0 fully saturated rings. The molecule has 0 saturated carbocycles. The van der Waals surface area contributed by atoms with Crippen molar-refractivity contribution in [3.63, 3.8) is 0 Å². The lowest BCUT2D eigenvalue weighted by molar-refractivity contribution is -0.138. The van der Waals surface area contributed by atoms with Gasteiger partial charge in [0.15, 0.2) is 0 Å². The van der Waals surface area contributed by atoms with Gasteiger partial charge in [0.1, 0.15) is 18.2 Å². The molecule has 0 atom stereocenters. The molecule has 0 heterocycles. The molecule has 6 nitrogen and oxygen atoms in total. The van der Waals surface area contributed by atoms with Crippen LogP contribution in [-0.2, 0) is 19.1 Å². The Bertz CT molecular complexity index is 743. The summed E-state index contributed by atoms with van der Waals surface area (Å²) in [6, 6.07) is 6.96. The molecule has 0 unspecified atom stereocenters. The first-order valence-corrected chi connectivity index (χ1v) is 13.9. The fourth-order valence-corrected chi connectivity index (χ4v) is 4.60. The number of methoxy groups -OCH3 is 2. The number of esters is 1. The van der Waals surface area contributed by atoms with Gasteiger partial charge in [-0.1, -0.05) is 69.0 Å². The SMILES string of the molecule is CCCCCC[Si](C)(C)CON=C(C)c1ccc(C)c(OC(=COC)C(=O)OC)c1. The van der Waals surface area contributed by atoms with E-state index < -0.39 is 14.0 Å². The maximum atomic E-state index is 11.8. The molecule has 0 bridgehead atoms. The highest BCUT2D eigenvalue weighted by Gasteiger charge is 2.21. The lowest BCUT2D eigenvalue weighted by atomic mass is 10.1. The number of unbranched alkanes of at least 4 members (excludes halogenated alkanes) is 3. The highest BCUT2D eigenvalue weighted by molar-refractivity contribution is 6.77. The molecule has 0 N–H and O–H groups in total. The Labute approximate surface area is 182 Å². The minimum absolute atomic E-state index is 0.0260. The molecule has 0 radical (unpaired) electrons. The van der Waals surface area contributed by atoms with Crippen molar-refractivity contribution in [1.29, 1.82) is 0 Å². The van der Waals surface area contributed by atoms with Crippen LogP contribution in [-0.4, -0.2) is 40.2 Å². The number of hydrogen-bond donors (Lipinski definition) is 0. The van der Waals surface area contributed by atoms with Crippen molar-refractivity contribution in [2.45, 2.75) is 65.6 Å². The van der Waals surface area contributed by atoms with E-state index in [0.717, 1.165) is 16.8 Å². The van der Waals surface area contributed by atoms with Gasteiger partial charge < -0.3 is 19.0 Å². The van der Waals surface area contributed by atoms with Crippen LogP contribution in [0.4, 0.5) is 0 Å². The van der Waals surface area contributed by atoms with Crippen LogP contribution in [0.2, 0.25) is 19.1 Å². The Hall–Kier alpha value is -2.28. The molecule has 1 aromatic rings. The van der Waals surface area contributed by atoms with Gasteiger partial charge in [-0.3, -0.25) is 0 Å². The van der Waals surface area contributed by atoms with Crippen molar-refractivity contribution in [3.8, 4) is 5.75 Å². The normalized spacial score (nSPS) is 12.5. The molecule has 168 valence electrons. The average Bonchev–Trinajstić information content (AvgIpc) is 2.71. The summed E-state index contributed by atoms with van der Waals surface area (Å²) in [5.41, 5.74) is 2.49. The minimum Gasteiger partial charge on any atom is -0.500 e. The van der Waals surface area contributed by atoms with E-state index in [4.69, 9.17) is 19.0 Å². The molecular formula is C23H37NO5Si. The van der Waals surface area contributed by atoms with Crippen LogP contribution >= 0.6 is 0 Å². The maximum absolute atomic E-state index is 11.8. The minimum atomic E-state index is -1.42. The zero-order chi connectivity index (χ0) is 22.6. The number of carbonyl (C=O) groups excluding carboxylic acids is 1. The number of benzene rings is 1. The summed E-state index contributed by atoms with van der Waals surface area (Å²) in [6.45, 7) is 10.7. The number of oxime groups is 1. The zero-order valence-corrected chi connectivity index (χ0v) is 20.5. The second kappa shape index (κ2) is 13.1. The van der Waals surface area contributed by atoms with Crippen molar-refractivity contribution in [2.75, 3.05) is 20.4 Å². The van der Waals surface area contributed by atoms with E-state index in [1.807, 2.05) is 32.0 Å². The second-order valence-corrected chi connectivity index (χ2v) is 13.3. The van der Waals surface area contributed by atoms with Gasteiger partial charge in [-0.2, -0.15) is 0 Å². The van der Waals surface area contributed by atoms with Gasteiger partial charge >= 0.3 is 5.97 Å². The van der Waals surface area contributed by atoms with Gasteiger partial charge in [-0.15, -0.1) is 0 Å². The standard InChI is InChI=1S/C23H37NO5Si/c1-8-9-10-11-14-30(6,7)17-28-24-19(3)20-13-12-18(2)21(15-20)29-22(16-26-4)23(25)27-5/h12-13,15-16H,8-11,14,17H2,1-7H3. The van der Waals surface area contributed by atoms with E-state index >= 15 is 0 Å². The van der Waals surface area contributed by atoms with Gasteiger partial charge in [0, 0.05) is 5.56 Å². The van der Waals surface area contributed by atoms with Gasteiger partial charge in [0.2, 0.25) is 5.76 Å². The second-order valence-electron chi connectivity index (χ2n) is 8.22. The quantitative estimate of drug-likeness (QED) is 0.0767. The average molecular weight is 436 g/mol. The smallest absolute Gasteiger partial charge is 0.377 e. The molecule has 30 heavy (non-hydrogen) atoms. The Kier molecular flexibility index (Phi) is 11.3. The Morgan fingerprint density at radius 1 is 1.17 bits per heavy atom. The number of carbonyl (C=O) groups is 1. The number of ether oxygens (including phenoxy) is 3. The van der Waals surface area contributed by atoms with Gasteiger partial charge in [0.25, 0.3) is 0 Å². The summed E-state index contributed by atoms with van der Waals surface area (Å²) in [5.74, 6) is -0.107. The maximum Gasteiger partial charge on any atom is 0.377 e. The summed E-state index contributed by atoms with van der Waals surface area (Å²) in [7, 11) is 1.32. The van der Waals surface area contributed by atoms with Crippen molar-refractivity contribution < 1.29 is 23.8 Å². The first kappa shape index (κ1) is 25.8. The van der Waals surface area contributed by atoms with Gasteiger partial charge in [-0.05, 0) is 25.5 Å². The molecule has 1 rings (SSSR count). The van der Waals surface area contributed by atoms with E-state index in [9.17, 15) is 4.79 Å². The van der Waals surface area contributed by atoms with Gasteiger partial charge in [0.05, 0.1) is 28.0 Å². The number of rotatable bonds is 13. The summed E-state index contributed by atoms with van der Waals surface area (Å²) < 4.78 is 15.4. The number of hydrogen-bond acceptors (Lipinski definition) is 6. The van der Waals surface area contributed by atoms with Crippen LogP contribution in [0.25, 0.3) is 0 Å². The van der Waals surface area contributed by atoms with Crippen molar-refractivity contribution in [1.82, 2.24) is 0 Å². The Balaban J connectivity index is 2.80. The van der Waals surface area contributed by atoms with Crippen LogP contribution in [0.1, 0.15) is 50.7 Å². The van der Waals surface area contributed by atoms with Crippen LogP contribution in [0.5, 0.6) is 5.75 Å². The van der Waals surface area contributed by atoms with Gasteiger partial charge in [-0.25, -0.2) is 4.79 Å². The summed E-state index contributed by atoms with van der Waals surface area (Å²) in [4.78, 5) is 17.6.